The Balaban J connectivity index is 1.54. The Morgan fingerprint density at radius 3 is 2.41 bits per heavy atom. The van der Waals surface area contributed by atoms with Gasteiger partial charge < -0.3 is 14.2 Å². The highest BCUT2D eigenvalue weighted by Gasteiger charge is 2.28. The number of allylic oxidation sites excluding steroid dienone is 1. The van der Waals surface area contributed by atoms with E-state index in [1.54, 1.807) is 43.5 Å². The van der Waals surface area contributed by atoms with Crippen LogP contribution in [0.2, 0.25) is 0 Å². The van der Waals surface area contributed by atoms with E-state index in [1.807, 2.05) is 43.3 Å². The lowest BCUT2D eigenvalue weighted by Gasteiger charge is -2.07. The van der Waals surface area contributed by atoms with Gasteiger partial charge in [-0.25, -0.2) is 4.79 Å². The van der Waals surface area contributed by atoms with Crippen LogP contribution in [-0.2, 0) is 0 Å². The van der Waals surface area contributed by atoms with Crippen molar-refractivity contribution in [1.29, 1.82) is 0 Å². The van der Waals surface area contributed by atoms with Gasteiger partial charge in [-0.3, -0.25) is 4.79 Å². The van der Waals surface area contributed by atoms with E-state index >= 15 is 0 Å². The quantitative estimate of drug-likeness (QED) is 0.365. The van der Waals surface area contributed by atoms with Crippen LogP contribution >= 0.6 is 0 Å². The normalized spacial score (nSPS) is 13.7. The maximum Gasteiger partial charge on any atom is 0.343 e. The Bertz CT molecular complexity index is 1130. The minimum Gasteiger partial charge on any atom is -0.497 e. The topological polar surface area (TPSA) is 61.8 Å². The first-order valence-electron chi connectivity index (χ1n) is 9.05. The highest BCUT2D eigenvalue weighted by Crippen LogP contribution is 2.35. The predicted octanol–water partition coefficient (Wildman–Crippen LogP) is 4.84. The Morgan fingerprint density at radius 2 is 1.69 bits per heavy atom. The molecule has 0 aliphatic carbocycles. The van der Waals surface area contributed by atoms with Crippen molar-refractivity contribution in [2.45, 2.75) is 6.92 Å². The molecule has 29 heavy (non-hydrogen) atoms. The van der Waals surface area contributed by atoms with Gasteiger partial charge in [0.15, 0.2) is 5.76 Å². The van der Waals surface area contributed by atoms with Crippen molar-refractivity contribution in [3.8, 4) is 17.2 Å². The van der Waals surface area contributed by atoms with E-state index in [4.69, 9.17) is 14.2 Å². The summed E-state index contributed by atoms with van der Waals surface area (Å²) in [7, 11) is 1.59. The van der Waals surface area contributed by atoms with Crippen LogP contribution in [0.15, 0.2) is 72.5 Å². The molecule has 0 spiro atoms. The number of methoxy groups -OCH3 is 1. The lowest BCUT2D eigenvalue weighted by atomic mass is 10.1. The van der Waals surface area contributed by atoms with Gasteiger partial charge in [0.25, 0.3) is 0 Å². The fourth-order valence-corrected chi connectivity index (χ4v) is 3.05. The smallest absolute Gasteiger partial charge is 0.343 e. The lowest BCUT2D eigenvalue weighted by Crippen LogP contribution is -2.10. The zero-order valence-corrected chi connectivity index (χ0v) is 16.0. The van der Waals surface area contributed by atoms with Crippen molar-refractivity contribution in [2.75, 3.05) is 7.11 Å². The lowest BCUT2D eigenvalue weighted by molar-refractivity contribution is 0.0733. The monoisotopic (exact) mass is 386 g/mol. The second-order valence-electron chi connectivity index (χ2n) is 6.58. The second kappa shape index (κ2) is 7.64. The van der Waals surface area contributed by atoms with E-state index < -0.39 is 5.97 Å². The zero-order chi connectivity index (χ0) is 20.4. The molecule has 0 atom stereocenters. The van der Waals surface area contributed by atoms with Gasteiger partial charge in [0.2, 0.25) is 5.78 Å². The number of aryl methyl sites for hydroxylation is 1. The molecule has 4 rings (SSSR count). The fraction of sp³-hybridized carbons (Fsp3) is 0.0833. The van der Waals surface area contributed by atoms with Gasteiger partial charge in [0, 0.05) is 6.07 Å². The molecule has 3 aromatic rings. The number of hydrogen-bond acceptors (Lipinski definition) is 5. The fourth-order valence-electron chi connectivity index (χ4n) is 3.05. The van der Waals surface area contributed by atoms with Crippen LogP contribution in [0.25, 0.3) is 6.08 Å². The molecule has 0 aromatic heterocycles. The van der Waals surface area contributed by atoms with E-state index in [0.29, 0.717) is 22.6 Å². The summed E-state index contributed by atoms with van der Waals surface area (Å²) in [6.07, 6.45) is 1.67. The second-order valence-corrected chi connectivity index (χ2v) is 6.58. The standard InChI is InChI=1S/C24H18O5/c1-15-5-3-4-6-19(15)24(26)28-18-11-12-20-21(14-18)29-22(23(20)25)13-16-7-9-17(27-2)10-8-16/h3-14H,1-2H3/b22-13-. The molecule has 5 heteroatoms. The van der Waals surface area contributed by atoms with Crippen molar-refractivity contribution in [2.24, 2.45) is 0 Å². The van der Waals surface area contributed by atoms with Gasteiger partial charge in [0.05, 0.1) is 18.2 Å². The molecule has 0 amide bonds. The van der Waals surface area contributed by atoms with Crippen LogP contribution in [0.1, 0.15) is 31.8 Å². The minimum atomic E-state index is -0.457. The van der Waals surface area contributed by atoms with E-state index in [0.717, 1.165) is 16.9 Å². The van der Waals surface area contributed by atoms with Crippen LogP contribution < -0.4 is 14.2 Å². The summed E-state index contributed by atoms with van der Waals surface area (Å²) in [5.41, 5.74) is 2.56. The van der Waals surface area contributed by atoms with E-state index in [-0.39, 0.29) is 11.5 Å². The minimum absolute atomic E-state index is 0.215. The van der Waals surface area contributed by atoms with Gasteiger partial charge in [-0.05, 0) is 54.5 Å². The summed E-state index contributed by atoms with van der Waals surface area (Å²) in [5, 5.41) is 0. The van der Waals surface area contributed by atoms with Gasteiger partial charge >= 0.3 is 5.97 Å². The number of Topliss-reactive ketones (excluding diaryl/α,β-unsaturated/α-hetero) is 1. The first-order valence-corrected chi connectivity index (χ1v) is 9.05. The molecular weight excluding hydrogens is 368 g/mol. The molecule has 3 aromatic carbocycles. The molecule has 0 unspecified atom stereocenters. The van der Waals surface area contributed by atoms with E-state index in [1.165, 1.54) is 0 Å². The maximum atomic E-state index is 12.6. The van der Waals surface area contributed by atoms with Crippen LogP contribution in [0.4, 0.5) is 0 Å². The van der Waals surface area contributed by atoms with E-state index in [2.05, 4.69) is 0 Å². The van der Waals surface area contributed by atoms with Crippen LogP contribution in [-0.4, -0.2) is 18.9 Å². The van der Waals surface area contributed by atoms with Crippen molar-refractivity contribution in [3.05, 3.63) is 94.7 Å². The van der Waals surface area contributed by atoms with Gasteiger partial charge in [-0.1, -0.05) is 30.3 Å². The van der Waals surface area contributed by atoms with E-state index in [9.17, 15) is 9.59 Å². The number of hydrogen-bond donors (Lipinski definition) is 0. The van der Waals surface area contributed by atoms with Gasteiger partial charge in [-0.15, -0.1) is 0 Å². The Hall–Kier alpha value is -3.86. The molecule has 0 bridgehead atoms. The molecule has 5 nitrogen and oxygen atoms in total. The number of carbonyl (C=O) groups excluding carboxylic acids is 2. The van der Waals surface area contributed by atoms with Gasteiger partial charge in [0.1, 0.15) is 17.2 Å². The number of ether oxygens (including phenoxy) is 3. The zero-order valence-electron chi connectivity index (χ0n) is 16.0. The van der Waals surface area contributed by atoms with Crippen molar-refractivity contribution in [1.82, 2.24) is 0 Å². The molecule has 0 fully saturated rings. The number of ketones is 1. The SMILES string of the molecule is COc1ccc(/C=C2\Oc3cc(OC(=O)c4ccccc4C)ccc3C2=O)cc1. The number of fused-ring (bicyclic) bond motifs is 1. The first kappa shape index (κ1) is 18.5. The third-order valence-corrected chi connectivity index (χ3v) is 4.63. The van der Waals surface area contributed by atoms with Crippen molar-refractivity contribution < 1.29 is 23.8 Å². The number of carbonyl (C=O) groups is 2. The summed E-state index contributed by atoms with van der Waals surface area (Å²) in [6, 6.07) is 19.2. The van der Waals surface area contributed by atoms with Crippen LogP contribution in [0.3, 0.4) is 0 Å². The largest absolute Gasteiger partial charge is 0.497 e. The molecule has 0 radical (unpaired) electrons. The number of esters is 1. The summed E-state index contributed by atoms with van der Waals surface area (Å²) in [6.45, 7) is 1.84. The first-order chi connectivity index (χ1) is 14.0. The highest BCUT2D eigenvalue weighted by molar-refractivity contribution is 6.14. The number of rotatable bonds is 4. The molecular formula is C24H18O5. The Morgan fingerprint density at radius 1 is 0.966 bits per heavy atom. The molecule has 0 saturated heterocycles. The summed E-state index contributed by atoms with van der Waals surface area (Å²) in [4.78, 5) is 25.0. The highest BCUT2D eigenvalue weighted by atomic mass is 16.5. The average molecular weight is 386 g/mol. The molecule has 0 saturated carbocycles. The molecule has 0 N–H and O–H groups in total. The summed E-state index contributed by atoms with van der Waals surface area (Å²) < 4.78 is 16.3. The predicted molar refractivity (Wildman–Crippen MR) is 109 cm³/mol. The molecule has 1 aliphatic rings. The van der Waals surface area contributed by atoms with Crippen molar-refractivity contribution >= 4 is 17.8 Å². The molecule has 144 valence electrons. The number of benzene rings is 3. The molecule has 1 aliphatic heterocycles. The summed E-state index contributed by atoms with van der Waals surface area (Å²) >= 11 is 0. The summed E-state index contributed by atoms with van der Waals surface area (Å²) in [5.74, 6) is 0.955. The third-order valence-electron chi connectivity index (χ3n) is 4.63. The maximum absolute atomic E-state index is 12.6. The van der Waals surface area contributed by atoms with Gasteiger partial charge in [-0.2, -0.15) is 0 Å². The third kappa shape index (κ3) is 3.75. The average Bonchev–Trinajstić information content (AvgIpc) is 3.03. The van der Waals surface area contributed by atoms with Crippen LogP contribution in [0.5, 0.6) is 17.2 Å². The van der Waals surface area contributed by atoms with Crippen molar-refractivity contribution in [3.63, 3.8) is 0 Å². The molecule has 1 heterocycles. The Labute approximate surface area is 168 Å². The Kier molecular flexibility index (Phi) is 4.87. The van der Waals surface area contributed by atoms with Crippen LogP contribution in [0, 0.1) is 6.92 Å².